The van der Waals surface area contributed by atoms with E-state index in [1.807, 2.05) is 0 Å². The van der Waals surface area contributed by atoms with Crippen molar-refractivity contribution in [2.75, 3.05) is 0 Å². The summed E-state index contributed by atoms with van der Waals surface area (Å²) in [6.07, 6.45) is 0. The van der Waals surface area contributed by atoms with Gasteiger partial charge in [-0.25, -0.2) is 13.9 Å². The molecule has 0 spiro atoms. The Morgan fingerprint density at radius 1 is 1.42 bits per heavy atom. The second-order valence-electron chi connectivity index (χ2n) is 4.21. The molecule has 0 radical (unpaired) electrons. The predicted molar refractivity (Wildman–Crippen MR) is 66.1 cm³/mol. The van der Waals surface area contributed by atoms with Gasteiger partial charge in [-0.2, -0.15) is 5.10 Å². The number of carbonyl (C=O) groups is 1. The van der Waals surface area contributed by atoms with Gasteiger partial charge >= 0.3 is 5.97 Å². The van der Waals surface area contributed by atoms with E-state index in [4.69, 9.17) is 9.84 Å². The predicted octanol–water partition coefficient (Wildman–Crippen LogP) is 2.67. The molecule has 2 aromatic rings. The maximum Gasteiger partial charge on any atom is 0.343 e. The molecule has 0 saturated heterocycles. The molecule has 19 heavy (non-hydrogen) atoms. The quantitative estimate of drug-likeness (QED) is 0.925. The maximum absolute atomic E-state index is 13.0. The van der Waals surface area contributed by atoms with E-state index in [0.29, 0.717) is 17.0 Å². The minimum absolute atomic E-state index is 0.00576. The maximum atomic E-state index is 13.0. The summed E-state index contributed by atoms with van der Waals surface area (Å²) in [6, 6.07) is 4.03. The zero-order valence-corrected chi connectivity index (χ0v) is 10.8. The zero-order chi connectivity index (χ0) is 14.2. The number of ether oxygens (including phenoxy) is 1. The van der Waals surface area contributed by atoms with E-state index in [0.717, 1.165) is 0 Å². The molecule has 6 heteroatoms. The molecule has 0 saturated carbocycles. The molecule has 1 heterocycles. The highest BCUT2D eigenvalue weighted by Gasteiger charge is 2.22. The minimum Gasteiger partial charge on any atom is -0.477 e. The lowest BCUT2D eigenvalue weighted by atomic mass is 10.2. The van der Waals surface area contributed by atoms with E-state index in [9.17, 15) is 9.18 Å². The first kappa shape index (κ1) is 13.1. The lowest BCUT2D eigenvalue weighted by molar-refractivity contribution is 0.0693. The Hall–Kier alpha value is -2.37. The summed E-state index contributed by atoms with van der Waals surface area (Å²) in [5.74, 6) is -0.962. The van der Waals surface area contributed by atoms with Gasteiger partial charge in [-0.1, -0.05) is 0 Å². The number of nitrogens with zero attached hydrogens (tertiary/aromatic N) is 2. The fourth-order valence-corrected chi connectivity index (χ4v) is 1.83. The molecular formula is C13H13FN2O3. The fraction of sp³-hybridized carbons (Fsp3) is 0.231. The second kappa shape index (κ2) is 4.72. The number of hydrogen-bond donors (Lipinski definition) is 1. The third kappa shape index (κ3) is 2.42. The minimum atomic E-state index is -1.11. The monoisotopic (exact) mass is 264 g/mol. The molecule has 0 aliphatic carbocycles. The summed E-state index contributed by atoms with van der Waals surface area (Å²) >= 11 is 0. The fourth-order valence-electron chi connectivity index (χ4n) is 1.83. The number of halogens is 1. The van der Waals surface area contributed by atoms with Gasteiger partial charge in [0.25, 0.3) is 0 Å². The average Bonchev–Trinajstić information content (AvgIpc) is 2.57. The van der Waals surface area contributed by atoms with Gasteiger partial charge in [0.05, 0.1) is 5.69 Å². The van der Waals surface area contributed by atoms with Gasteiger partial charge in [-0.15, -0.1) is 0 Å². The highest BCUT2D eigenvalue weighted by molar-refractivity contribution is 5.91. The molecule has 0 atom stereocenters. The number of carboxylic acid groups (broad SMARTS) is 1. The number of aryl methyl sites for hydroxylation is 3. The molecule has 5 nitrogen and oxygen atoms in total. The molecule has 0 aliphatic heterocycles. The molecule has 1 aromatic heterocycles. The summed E-state index contributed by atoms with van der Waals surface area (Å²) in [4.78, 5) is 11.2. The normalized spacial score (nSPS) is 10.5. The first-order valence-electron chi connectivity index (χ1n) is 5.61. The van der Waals surface area contributed by atoms with Gasteiger partial charge in [-0.05, 0) is 37.6 Å². The molecule has 0 bridgehead atoms. The molecule has 0 aliphatic rings. The Balaban J connectivity index is 2.46. The smallest absolute Gasteiger partial charge is 0.343 e. The number of aromatic carboxylic acids is 1. The van der Waals surface area contributed by atoms with Crippen LogP contribution in [0.15, 0.2) is 18.2 Å². The van der Waals surface area contributed by atoms with Crippen LogP contribution >= 0.6 is 0 Å². The van der Waals surface area contributed by atoms with Gasteiger partial charge in [0.15, 0.2) is 0 Å². The van der Waals surface area contributed by atoms with E-state index in [2.05, 4.69) is 5.10 Å². The molecule has 1 aromatic carbocycles. The summed E-state index contributed by atoms with van der Waals surface area (Å²) < 4.78 is 19.9. The first-order valence-corrected chi connectivity index (χ1v) is 5.61. The van der Waals surface area contributed by atoms with Crippen molar-refractivity contribution in [1.29, 1.82) is 0 Å². The van der Waals surface area contributed by atoms with Crippen molar-refractivity contribution in [3.8, 4) is 11.6 Å². The number of benzene rings is 1. The van der Waals surface area contributed by atoms with Crippen LogP contribution in [0, 0.1) is 19.7 Å². The lowest BCUT2D eigenvalue weighted by Crippen LogP contribution is -2.02. The van der Waals surface area contributed by atoms with Gasteiger partial charge in [0.1, 0.15) is 17.1 Å². The number of hydrogen-bond acceptors (Lipinski definition) is 3. The van der Waals surface area contributed by atoms with E-state index in [1.54, 1.807) is 20.9 Å². The summed E-state index contributed by atoms with van der Waals surface area (Å²) in [6.45, 7) is 3.27. The average molecular weight is 264 g/mol. The summed E-state index contributed by atoms with van der Waals surface area (Å²) in [5, 5.41) is 13.2. The number of carboxylic acids is 1. The van der Waals surface area contributed by atoms with E-state index < -0.39 is 5.97 Å². The van der Waals surface area contributed by atoms with E-state index >= 15 is 0 Å². The Morgan fingerprint density at radius 3 is 2.68 bits per heavy atom. The highest BCUT2D eigenvalue weighted by Crippen LogP contribution is 2.29. The summed E-state index contributed by atoms with van der Waals surface area (Å²) in [5.41, 5.74) is 0.950. The van der Waals surface area contributed by atoms with Crippen molar-refractivity contribution in [1.82, 2.24) is 9.78 Å². The van der Waals surface area contributed by atoms with Crippen LogP contribution in [-0.2, 0) is 7.05 Å². The van der Waals surface area contributed by atoms with Crippen LogP contribution in [0.2, 0.25) is 0 Å². The van der Waals surface area contributed by atoms with Crippen LogP contribution in [0.1, 0.15) is 21.6 Å². The molecular weight excluding hydrogens is 251 g/mol. The lowest BCUT2D eigenvalue weighted by Gasteiger charge is -2.09. The van der Waals surface area contributed by atoms with Crippen molar-refractivity contribution in [2.45, 2.75) is 13.8 Å². The van der Waals surface area contributed by atoms with Crippen molar-refractivity contribution < 1.29 is 19.0 Å². The van der Waals surface area contributed by atoms with Crippen LogP contribution < -0.4 is 4.74 Å². The van der Waals surface area contributed by atoms with Gasteiger partial charge < -0.3 is 9.84 Å². The Morgan fingerprint density at radius 2 is 2.11 bits per heavy atom. The third-order valence-electron chi connectivity index (χ3n) is 2.73. The van der Waals surface area contributed by atoms with E-state index in [-0.39, 0.29) is 17.3 Å². The molecule has 2 rings (SSSR count). The van der Waals surface area contributed by atoms with Gasteiger partial charge in [0.2, 0.25) is 5.88 Å². The van der Waals surface area contributed by atoms with Crippen molar-refractivity contribution >= 4 is 5.97 Å². The van der Waals surface area contributed by atoms with Crippen LogP contribution in [-0.4, -0.2) is 20.9 Å². The zero-order valence-electron chi connectivity index (χ0n) is 10.8. The van der Waals surface area contributed by atoms with Crippen LogP contribution in [0.4, 0.5) is 4.39 Å². The SMILES string of the molecule is Cc1cc(F)ccc1Oc1c(C(=O)O)c(C)nn1C. The molecule has 0 amide bonds. The summed E-state index contributed by atoms with van der Waals surface area (Å²) in [7, 11) is 1.59. The second-order valence-corrected chi connectivity index (χ2v) is 4.21. The first-order chi connectivity index (χ1) is 8.90. The molecule has 0 unspecified atom stereocenters. The number of aromatic nitrogens is 2. The molecule has 0 fully saturated rings. The van der Waals surface area contributed by atoms with Crippen LogP contribution in [0.5, 0.6) is 11.6 Å². The van der Waals surface area contributed by atoms with Crippen molar-refractivity contribution in [2.24, 2.45) is 7.05 Å². The third-order valence-corrected chi connectivity index (χ3v) is 2.73. The molecule has 1 N–H and O–H groups in total. The Kier molecular flexibility index (Phi) is 3.25. The topological polar surface area (TPSA) is 64.3 Å². The van der Waals surface area contributed by atoms with Gasteiger partial charge in [-0.3, -0.25) is 0 Å². The standard InChI is InChI=1S/C13H13FN2O3/c1-7-6-9(14)4-5-10(7)19-12-11(13(17)18)8(2)15-16(12)3/h4-6H,1-3H3,(H,17,18). The van der Waals surface area contributed by atoms with Gasteiger partial charge in [0, 0.05) is 7.05 Å². The Bertz CT molecular complexity index is 650. The Labute approximate surface area is 109 Å². The van der Waals surface area contributed by atoms with Crippen LogP contribution in [0.25, 0.3) is 0 Å². The van der Waals surface area contributed by atoms with Crippen molar-refractivity contribution in [3.63, 3.8) is 0 Å². The van der Waals surface area contributed by atoms with Crippen molar-refractivity contribution in [3.05, 3.63) is 40.8 Å². The molecule has 100 valence electrons. The van der Waals surface area contributed by atoms with E-state index in [1.165, 1.54) is 22.9 Å². The number of rotatable bonds is 3. The van der Waals surface area contributed by atoms with Crippen LogP contribution in [0.3, 0.4) is 0 Å². The largest absolute Gasteiger partial charge is 0.477 e. The highest BCUT2D eigenvalue weighted by atomic mass is 19.1.